The summed E-state index contributed by atoms with van der Waals surface area (Å²) >= 11 is 0. The van der Waals surface area contributed by atoms with Gasteiger partial charge in [-0.05, 0) is 49.8 Å². The number of benzene rings is 2. The average Bonchev–Trinajstić information content (AvgIpc) is 2.95. The van der Waals surface area contributed by atoms with Crippen LogP contribution in [0.25, 0.3) is 11.8 Å². The molecule has 0 unspecified atom stereocenters. The van der Waals surface area contributed by atoms with Crippen LogP contribution in [0.1, 0.15) is 27.3 Å². The number of carbonyl (C=O) groups is 1. The predicted octanol–water partition coefficient (Wildman–Crippen LogP) is 4.10. The van der Waals surface area contributed by atoms with Gasteiger partial charge in [-0.1, -0.05) is 30.3 Å². The average molecular weight is 348 g/mol. The molecule has 26 heavy (non-hydrogen) atoms. The molecule has 1 heterocycles. The number of carbonyl (C=O) groups excluding carboxylic acids is 1. The summed E-state index contributed by atoms with van der Waals surface area (Å²) in [4.78, 5) is 12.7. The lowest BCUT2D eigenvalue weighted by molar-refractivity contribution is 0.104. The molecule has 0 saturated heterocycles. The van der Waals surface area contributed by atoms with Crippen molar-refractivity contribution in [2.24, 2.45) is 0 Å². The van der Waals surface area contributed by atoms with E-state index in [1.165, 1.54) is 13.2 Å². The monoisotopic (exact) mass is 348 g/mol. The second-order valence-electron chi connectivity index (χ2n) is 5.92. The smallest absolute Gasteiger partial charge is 0.189 e. The number of phenolic OH excluding ortho intramolecular Hbond substituents is 1. The Bertz CT molecular complexity index is 972. The van der Waals surface area contributed by atoms with Gasteiger partial charge in [0.15, 0.2) is 17.3 Å². The van der Waals surface area contributed by atoms with E-state index in [1.807, 2.05) is 44.2 Å². The van der Waals surface area contributed by atoms with Gasteiger partial charge in [0.2, 0.25) is 0 Å². The Kier molecular flexibility index (Phi) is 4.89. The summed E-state index contributed by atoms with van der Waals surface area (Å²) < 4.78 is 6.79. The van der Waals surface area contributed by atoms with Crippen molar-refractivity contribution in [1.29, 1.82) is 0 Å². The first kappa shape index (κ1) is 17.5. The van der Waals surface area contributed by atoms with Crippen molar-refractivity contribution in [2.45, 2.75) is 13.8 Å². The predicted molar refractivity (Wildman–Crippen MR) is 101 cm³/mol. The minimum atomic E-state index is -0.127. The van der Waals surface area contributed by atoms with Gasteiger partial charge in [-0.3, -0.25) is 4.79 Å². The van der Waals surface area contributed by atoms with E-state index < -0.39 is 0 Å². The SMILES string of the molecule is COc1ccc(C=CC(=O)c2c(C)nn(-c3ccccc3)c2C)cc1O. The van der Waals surface area contributed by atoms with E-state index in [9.17, 15) is 9.90 Å². The summed E-state index contributed by atoms with van der Waals surface area (Å²) in [5.41, 5.74) is 3.68. The van der Waals surface area contributed by atoms with Crippen LogP contribution in [0.3, 0.4) is 0 Å². The van der Waals surface area contributed by atoms with Gasteiger partial charge in [-0.15, -0.1) is 0 Å². The van der Waals surface area contributed by atoms with E-state index >= 15 is 0 Å². The molecule has 3 aromatic rings. The van der Waals surface area contributed by atoms with Crippen molar-refractivity contribution < 1.29 is 14.6 Å². The number of nitrogens with zero attached hydrogens (tertiary/aromatic N) is 2. The number of rotatable bonds is 5. The standard InChI is InChI=1S/C21H20N2O3/c1-14-21(15(2)23(22-14)17-7-5-4-6-8-17)18(24)11-9-16-10-12-20(26-3)19(25)13-16/h4-13,25H,1-3H3. The Morgan fingerprint density at radius 1 is 1.15 bits per heavy atom. The molecule has 1 N–H and O–H groups in total. The Hall–Kier alpha value is -3.34. The van der Waals surface area contributed by atoms with Gasteiger partial charge in [0.05, 0.1) is 29.7 Å². The Morgan fingerprint density at radius 2 is 1.88 bits per heavy atom. The molecule has 132 valence electrons. The number of hydrogen-bond donors (Lipinski definition) is 1. The number of aromatic nitrogens is 2. The summed E-state index contributed by atoms with van der Waals surface area (Å²) in [6, 6.07) is 14.7. The van der Waals surface area contributed by atoms with E-state index in [4.69, 9.17) is 4.74 Å². The number of aryl methyl sites for hydroxylation is 1. The van der Waals surface area contributed by atoms with E-state index in [0.717, 1.165) is 11.4 Å². The molecule has 0 saturated carbocycles. The summed E-state index contributed by atoms with van der Waals surface area (Å²) in [7, 11) is 1.49. The van der Waals surface area contributed by atoms with E-state index in [1.54, 1.807) is 29.0 Å². The van der Waals surface area contributed by atoms with Gasteiger partial charge >= 0.3 is 0 Å². The number of ether oxygens (including phenoxy) is 1. The molecule has 5 heteroatoms. The molecule has 0 aliphatic rings. The Labute approximate surface area is 152 Å². The first-order valence-electron chi connectivity index (χ1n) is 8.22. The fraction of sp³-hybridized carbons (Fsp3) is 0.143. The molecule has 0 radical (unpaired) electrons. The highest BCUT2D eigenvalue weighted by molar-refractivity contribution is 6.08. The Balaban J connectivity index is 1.89. The van der Waals surface area contributed by atoms with Crippen LogP contribution in [0.5, 0.6) is 11.5 Å². The topological polar surface area (TPSA) is 64.3 Å². The number of methoxy groups -OCH3 is 1. The summed E-state index contributed by atoms with van der Waals surface area (Å²) in [5, 5.41) is 14.3. The minimum absolute atomic E-state index is 0.0337. The van der Waals surface area contributed by atoms with Crippen molar-refractivity contribution in [3.8, 4) is 17.2 Å². The van der Waals surface area contributed by atoms with Crippen molar-refractivity contribution in [2.75, 3.05) is 7.11 Å². The second kappa shape index (κ2) is 7.27. The maximum Gasteiger partial charge on any atom is 0.189 e. The number of hydrogen-bond acceptors (Lipinski definition) is 4. The zero-order valence-electron chi connectivity index (χ0n) is 14.9. The lowest BCUT2D eigenvalue weighted by atomic mass is 10.1. The van der Waals surface area contributed by atoms with Gasteiger partial charge < -0.3 is 9.84 Å². The lowest BCUT2D eigenvalue weighted by Crippen LogP contribution is -2.01. The van der Waals surface area contributed by atoms with Crippen LogP contribution in [0.15, 0.2) is 54.6 Å². The summed E-state index contributed by atoms with van der Waals surface area (Å²) in [6.07, 6.45) is 3.16. The molecule has 0 bridgehead atoms. The lowest BCUT2D eigenvalue weighted by Gasteiger charge is -2.04. The third-order valence-electron chi connectivity index (χ3n) is 4.17. The summed E-state index contributed by atoms with van der Waals surface area (Å²) in [6.45, 7) is 3.71. The molecule has 3 rings (SSSR count). The van der Waals surface area contributed by atoms with E-state index in [0.29, 0.717) is 22.6 Å². The normalized spacial score (nSPS) is 11.0. The summed E-state index contributed by atoms with van der Waals surface area (Å²) in [5.74, 6) is 0.299. The van der Waals surface area contributed by atoms with Crippen molar-refractivity contribution >= 4 is 11.9 Å². The van der Waals surface area contributed by atoms with Crippen molar-refractivity contribution in [1.82, 2.24) is 9.78 Å². The van der Waals surface area contributed by atoms with Gasteiger partial charge in [-0.2, -0.15) is 5.10 Å². The highest BCUT2D eigenvalue weighted by atomic mass is 16.5. The molecule has 0 amide bonds. The fourth-order valence-corrected chi connectivity index (χ4v) is 2.89. The van der Waals surface area contributed by atoms with Crippen LogP contribution >= 0.6 is 0 Å². The minimum Gasteiger partial charge on any atom is -0.504 e. The van der Waals surface area contributed by atoms with Gasteiger partial charge in [-0.25, -0.2) is 4.68 Å². The molecule has 0 aliphatic carbocycles. The van der Waals surface area contributed by atoms with Crippen LogP contribution in [0.4, 0.5) is 0 Å². The van der Waals surface area contributed by atoms with Gasteiger partial charge in [0.1, 0.15) is 0 Å². The maximum atomic E-state index is 12.7. The maximum absolute atomic E-state index is 12.7. The van der Waals surface area contributed by atoms with Gasteiger partial charge in [0.25, 0.3) is 0 Å². The second-order valence-corrected chi connectivity index (χ2v) is 5.92. The van der Waals surface area contributed by atoms with Gasteiger partial charge in [0, 0.05) is 0 Å². The van der Waals surface area contributed by atoms with E-state index in [-0.39, 0.29) is 11.5 Å². The first-order valence-corrected chi connectivity index (χ1v) is 8.22. The highest BCUT2D eigenvalue weighted by Gasteiger charge is 2.17. The zero-order chi connectivity index (χ0) is 18.7. The molecular formula is C21H20N2O3. The molecule has 0 atom stereocenters. The first-order chi connectivity index (χ1) is 12.5. The molecule has 5 nitrogen and oxygen atoms in total. The van der Waals surface area contributed by atoms with Crippen LogP contribution in [-0.2, 0) is 0 Å². The molecule has 0 fully saturated rings. The van der Waals surface area contributed by atoms with E-state index in [2.05, 4.69) is 5.10 Å². The fourth-order valence-electron chi connectivity index (χ4n) is 2.89. The van der Waals surface area contributed by atoms with Crippen molar-refractivity contribution in [3.63, 3.8) is 0 Å². The largest absolute Gasteiger partial charge is 0.504 e. The number of aromatic hydroxyl groups is 1. The number of para-hydroxylation sites is 1. The molecular weight excluding hydrogens is 328 g/mol. The third-order valence-corrected chi connectivity index (χ3v) is 4.17. The van der Waals surface area contributed by atoms with Crippen LogP contribution in [-0.4, -0.2) is 27.8 Å². The number of phenols is 1. The zero-order valence-corrected chi connectivity index (χ0v) is 14.9. The third kappa shape index (κ3) is 3.37. The van der Waals surface area contributed by atoms with Crippen LogP contribution in [0.2, 0.25) is 0 Å². The molecule has 1 aromatic heterocycles. The van der Waals surface area contributed by atoms with Crippen LogP contribution in [0, 0.1) is 13.8 Å². The number of ketones is 1. The van der Waals surface area contributed by atoms with Crippen molar-refractivity contribution in [3.05, 3.63) is 77.1 Å². The molecule has 2 aromatic carbocycles. The quantitative estimate of drug-likeness (QED) is 0.557. The van der Waals surface area contributed by atoms with Crippen LogP contribution < -0.4 is 4.74 Å². The Morgan fingerprint density at radius 3 is 2.54 bits per heavy atom. The number of allylic oxidation sites excluding steroid dienone is 1. The molecule has 0 aliphatic heterocycles. The highest BCUT2D eigenvalue weighted by Crippen LogP contribution is 2.27. The molecule has 0 spiro atoms.